The van der Waals surface area contributed by atoms with E-state index in [1.165, 1.54) is 0 Å². The summed E-state index contributed by atoms with van der Waals surface area (Å²) >= 11 is 0. The quantitative estimate of drug-likeness (QED) is 0.507. The molecule has 0 aliphatic carbocycles. The number of hydrogen-bond donors (Lipinski definition) is 0. The number of methoxy groups -OCH3 is 1. The summed E-state index contributed by atoms with van der Waals surface area (Å²) in [5, 5.41) is 0. The minimum atomic E-state index is 0.166. The Morgan fingerprint density at radius 3 is 2.70 bits per heavy atom. The molecule has 0 atom stereocenters. The summed E-state index contributed by atoms with van der Waals surface area (Å²) in [5.41, 5.74) is 0.439. The Bertz CT molecular complexity index is 446. The van der Waals surface area contributed by atoms with E-state index < -0.39 is 0 Å². The van der Waals surface area contributed by atoms with Gasteiger partial charge in [-0.15, -0.1) is 0 Å². The molecule has 0 amide bonds. The van der Waals surface area contributed by atoms with Crippen molar-refractivity contribution >= 4 is 6.29 Å². The SMILES string of the molecule is COCCCOCCOc1cc2c(cc1C=O)OCO2. The van der Waals surface area contributed by atoms with Crippen LogP contribution in [0.15, 0.2) is 12.1 Å². The van der Waals surface area contributed by atoms with Crippen molar-refractivity contribution in [2.24, 2.45) is 0 Å². The van der Waals surface area contributed by atoms with Crippen LogP contribution in [0, 0.1) is 0 Å². The lowest BCUT2D eigenvalue weighted by molar-refractivity contribution is 0.0802. The van der Waals surface area contributed by atoms with E-state index in [0.29, 0.717) is 49.2 Å². The first-order valence-electron chi connectivity index (χ1n) is 6.43. The van der Waals surface area contributed by atoms with Crippen molar-refractivity contribution in [2.75, 3.05) is 40.3 Å². The van der Waals surface area contributed by atoms with Gasteiger partial charge in [-0.3, -0.25) is 4.79 Å². The number of hydrogen-bond acceptors (Lipinski definition) is 6. The monoisotopic (exact) mass is 282 g/mol. The smallest absolute Gasteiger partial charge is 0.231 e. The molecule has 6 nitrogen and oxygen atoms in total. The van der Waals surface area contributed by atoms with Crippen LogP contribution in [-0.4, -0.2) is 46.6 Å². The van der Waals surface area contributed by atoms with Gasteiger partial charge in [0, 0.05) is 26.4 Å². The number of carbonyl (C=O) groups is 1. The van der Waals surface area contributed by atoms with E-state index in [-0.39, 0.29) is 6.79 Å². The molecule has 0 bridgehead atoms. The van der Waals surface area contributed by atoms with Gasteiger partial charge in [-0.05, 0) is 12.5 Å². The zero-order valence-corrected chi connectivity index (χ0v) is 11.4. The molecular weight excluding hydrogens is 264 g/mol. The highest BCUT2D eigenvalue weighted by molar-refractivity contribution is 5.81. The molecule has 0 saturated heterocycles. The van der Waals surface area contributed by atoms with Gasteiger partial charge in [-0.2, -0.15) is 0 Å². The maximum atomic E-state index is 11.0. The van der Waals surface area contributed by atoms with Gasteiger partial charge in [-0.1, -0.05) is 0 Å². The summed E-state index contributed by atoms with van der Waals surface area (Å²) in [6.07, 6.45) is 1.58. The Labute approximate surface area is 117 Å². The second-order valence-electron chi connectivity index (χ2n) is 4.17. The summed E-state index contributed by atoms with van der Waals surface area (Å²) in [6, 6.07) is 3.28. The van der Waals surface area contributed by atoms with Gasteiger partial charge >= 0.3 is 0 Å². The van der Waals surface area contributed by atoms with Crippen LogP contribution in [-0.2, 0) is 9.47 Å². The van der Waals surface area contributed by atoms with Crippen molar-refractivity contribution in [1.29, 1.82) is 0 Å². The van der Waals surface area contributed by atoms with Gasteiger partial charge in [0.05, 0.1) is 12.2 Å². The van der Waals surface area contributed by atoms with Crippen LogP contribution in [0.1, 0.15) is 16.8 Å². The zero-order chi connectivity index (χ0) is 14.2. The van der Waals surface area contributed by atoms with Crippen molar-refractivity contribution in [3.8, 4) is 17.2 Å². The predicted octanol–water partition coefficient (Wildman–Crippen LogP) is 1.66. The Balaban J connectivity index is 1.79. The highest BCUT2D eigenvalue weighted by atomic mass is 16.7. The molecule has 110 valence electrons. The van der Waals surface area contributed by atoms with Crippen LogP contribution in [0.3, 0.4) is 0 Å². The number of benzene rings is 1. The molecule has 1 aromatic carbocycles. The van der Waals surface area contributed by atoms with Gasteiger partial charge in [-0.25, -0.2) is 0 Å². The average Bonchev–Trinajstić information content (AvgIpc) is 2.92. The Kier molecular flexibility index (Phi) is 5.64. The minimum absolute atomic E-state index is 0.166. The van der Waals surface area contributed by atoms with E-state index in [2.05, 4.69) is 0 Å². The first-order valence-corrected chi connectivity index (χ1v) is 6.43. The van der Waals surface area contributed by atoms with Crippen LogP contribution in [0.4, 0.5) is 0 Å². The standard InChI is InChI=1S/C14H18O6/c1-16-3-2-4-17-5-6-18-12-8-14-13(19-10-20-14)7-11(12)9-15/h7-9H,2-6,10H2,1H3. The van der Waals surface area contributed by atoms with Gasteiger partial charge in [0.2, 0.25) is 6.79 Å². The molecule has 20 heavy (non-hydrogen) atoms. The second-order valence-corrected chi connectivity index (χ2v) is 4.17. The van der Waals surface area contributed by atoms with Crippen LogP contribution in [0.5, 0.6) is 17.2 Å². The molecule has 2 rings (SSSR count). The summed E-state index contributed by atoms with van der Waals surface area (Å²) in [5.74, 6) is 1.63. The molecule has 1 aliphatic rings. The molecule has 0 N–H and O–H groups in total. The molecule has 1 heterocycles. The number of ether oxygens (including phenoxy) is 5. The summed E-state index contributed by atoms with van der Waals surface area (Å²) in [6.45, 7) is 2.29. The Hall–Kier alpha value is -1.79. The minimum Gasteiger partial charge on any atom is -0.490 e. The maximum Gasteiger partial charge on any atom is 0.231 e. The lowest BCUT2D eigenvalue weighted by atomic mass is 10.2. The number of carbonyl (C=O) groups excluding carboxylic acids is 1. The third-order valence-electron chi connectivity index (χ3n) is 2.75. The van der Waals surface area contributed by atoms with Crippen LogP contribution in [0.2, 0.25) is 0 Å². The lowest BCUT2D eigenvalue weighted by Gasteiger charge is -2.10. The molecule has 1 aromatic rings. The van der Waals surface area contributed by atoms with E-state index >= 15 is 0 Å². The normalized spacial score (nSPS) is 12.4. The van der Waals surface area contributed by atoms with Crippen LogP contribution >= 0.6 is 0 Å². The molecule has 6 heteroatoms. The van der Waals surface area contributed by atoms with Crippen LogP contribution in [0.25, 0.3) is 0 Å². The Morgan fingerprint density at radius 2 is 1.95 bits per heavy atom. The fourth-order valence-electron chi connectivity index (χ4n) is 1.77. The molecule has 0 fully saturated rings. The van der Waals surface area contributed by atoms with Crippen molar-refractivity contribution in [3.05, 3.63) is 17.7 Å². The summed E-state index contributed by atoms with van der Waals surface area (Å²) < 4.78 is 26.3. The van der Waals surface area contributed by atoms with E-state index in [1.807, 2.05) is 0 Å². The van der Waals surface area contributed by atoms with Crippen LogP contribution < -0.4 is 14.2 Å². The van der Waals surface area contributed by atoms with Crippen molar-refractivity contribution in [2.45, 2.75) is 6.42 Å². The van der Waals surface area contributed by atoms with Gasteiger partial charge < -0.3 is 23.7 Å². The number of aldehydes is 1. The first-order chi connectivity index (χ1) is 9.85. The summed E-state index contributed by atoms with van der Waals surface area (Å²) in [4.78, 5) is 11.0. The molecule has 0 spiro atoms. The van der Waals surface area contributed by atoms with E-state index in [4.69, 9.17) is 23.7 Å². The largest absolute Gasteiger partial charge is 0.490 e. The molecular formula is C14H18O6. The Morgan fingerprint density at radius 1 is 1.15 bits per heavy atom. The zero-order valence-electron chi connectivity index (χ0n) is 11.4. The van der Waals surface area contributed by atoms with Gasteiger partial charge in [0.25, 0.3) is 0 Å². The first kappa shape index (κ1) is 14.6. The molecule has 0 saturated carbocycles. The molecule has 1 aliphatic heterocycles. The maximum absolute atomic E-state index is 11.0. The van der Waals surface area contributed by atoms with Gasteiger partial charge in [0.1, 0.15) is 12.4 Å². The summed E-state index contributed by atoms with van der Waals surface area (Å²) in [7, 11) is 1.66. The third kappa shape index (κ3) is 3.85. The lowest BCUT2D eigenvalue weighted by Crippen LogP contribution is -2.09. The van der Waals surface area contributed by atoms with Crippen molar-refractivity contribution in [3.63, 3.8) is 0 Å². The fraction of sp³-hybridized carbons (Fsp3) is 0.500. The topological polar surface area (TPSA) is 63.2 Å². The van der Waals surface area contributed by atoms with Crippen molar-refractivity contribution in [1.82, 2.24) is 0 Å². The highest BCUT2D eigenvalue weighted by Crippen LogP contribution is 2.37. The van der Waals surface area contributed by atoms with E-state index in [0.717, 1.165) is 12.7 Å². The van der Waals surface area contributed by atoms with E-state index in [9.17, 15) is 4.79 Å². The number of fused-ring (bicyclic) bond motifs is 1. The van der Waals surface area contributed by atoms with Gasteiger partial charge in [0.15, 0.2) is 17.8 Å². The predicted molar refractivity (Wildman–Crippen MR) is 70.8 cm³/mol. The molecule has 0 radical (unpaired) electrons. The molecule has 0 aromatic heterocycles. The van der Waals surface area contributed by atoms with Crippen molar-refractivity contribution < 1.29 is 28.5 Å². The second kappa shape index (κ2) is 7.72. The highest BCUT2D eigenvalue weighted by Gasteiger charge is 2.17. The third-order valence-corrected chi connectivity index (χ3v) is 2.75. The average molecular weight is 282 g/mol. The fourth-order valence-corrected chi connectivity index (χ4v) is 1.77. The van der Waals surface area contributed by atoms with E-state index in [1.54, 1.807) is 19.2 Å². The molecule has 0 unspecified atom stereocenters. The number of rotatable bonds is 9.